The SMILES string of the molecule is CCCOC(CO)(C(=O)c1ccccc1)c1ccccc1. The van der Waals surface area contributed by atoms with Gasteiger partial charge in [0.25, 0.3) is 0 Å². The van der Waals surface area contributed by atoms with Crippen molar-refractivity contribution in [1.29, 1.82) is 0 Å². The fraction of sp³-hybridized carbons (Fsp3) is 0.278. The van der Waals surface area contributed by atoms with Crippen molar-refractivity contribution in [2.75, 3.05) is 13.2 Å². The molecule has 0 bridgehead atoms. The summed E-state index contributed by atoms with van der Waals surface area (Å²) >= 11 is 0. The maximum absolute atomic E-state index is 12.9. The molecule has 0 radical (unpaired) electrons. The first-order valence-electron chi connectivity index (χ1n) is 7.15. The summed E-state index contributed by atoms with van der Waals surface area (Å²) in [5, 5.41) is 9.94. The Morgan fingerprint density at radius 1 is 1.05 bits per heavy atom. The average Bonchev–Trinajstić information content (AvgIpc) is 2.57. The van der Waals surface area contributed by atoms with Crippen molar-refractivity contribution in [3.8, 4) is 0 Å². The Morgan fingerprint density at radius 3 is 2.14 bits per heavy atom. The lowest BCUT2D eigenvalue weighted by Gasteiger charge is -2.31. The molecule has 0 saturated carbocycles. The molecule has 2 aromatic carbocycles. The highest BCUT2D eigenvalue weighted by atomic mass is 16.5. The van der Waals surface area contributed by atoms with Gasteiger partial charge in [0.15, 0.2) is 5.60 Å². The molecule has 1 N–H and O–H groups in total. The Hall–Kier alpha value is -1.97. The lowest BCUT2D eigenvalue weighted by Crippen LogP contribution is -2.42. The summed E-state index contributed by atoms with van der Waals surface area (Å²) in [6.45, 7) is 2.00. The molecule has 1 unspecified atom stereocenters. The van der Waals surface area contributed by atoms with Crippen LogP contribution in [0.3, 0.4) is 0 Å². The predicted octanol–water partition coefficient (Wildman–Crippen LogP) is 3.18. The average molecular weight is 284 g/mol. The van der Waals surface area contributed by atoms with E-state index in [0.29, 0.717) is 17.7 Å². The van der Waals surface area contributed by atoms with Crippen LogP contribution in [0.1, 0.15) is 29.3 Å². The molecule has 0 aliphatic carbocycles. The summed E-state index contributed by atoms with van der Waals surface area (Å²) in [6, 6.07) is 18.1. The van der Waals surface area contributed by atoms with Gasteiger partial charge in [0, 0.05) is 12.2 Å². The van der Waals surface area contributed by atoms with Gasteiger partial charge in [-0.15, -0.1) is 0 Å². The molecular weight excluding hydrogens is 264 g/mol. The van der Waals surface area contributed by atoms with Crippen LogP contribution in [-0.4, -0.2) is 24.1 Å². The highest BCUT2D eigenvalue weighted by molar-refractivity contribution is 6.03. The number of ketones is 1. The number of benzene rings is 2. The molecule has 110 valence electrons. The second-order valence-electron chi connectivity index (χ2n) is 4.89. The number of aliphatic hydroxyl groups is 1. The van der Waals surface area contributed by atoms with Gasteiger partial charge in [-0.05, 0) is 12.0 Å². The second-order valence-corrected chi connectivity index (χ2v) is 4.89. The van der Waals surface area contributed by atoms with Gasteiger partial charge in [-0.3, -0.25) is 4.79 Å². The summed E-state index contributed by atoms with van der Waals surface area (Å²) in [7, 11) is 0. The molecule has 0 aliphatic heterocycles. The van der Waals surface area contributed by atoms with Crippen LogP contribution in [0.5, 0.6) is 0 Å². The molecule has 3 heteroatoms. The first-order valence-corrected chi connectivity index (χ1v) is 7.15. The molecule has 2 aromatic rings. The highest BCUT2D eigenvalue weighted by Crippen LogP contribution is 2.30. The van der Waals surface area contributed by atoms with Crippen LogP contribution in [0, 0.1) is 0 Å². The van der Waals surface area contributed by atoms with E-state index in [2.05, 4.69) is 0 Å². The van der Waals surface area contributed by atoms with Gasteiger partial charge >= 0.3 is 0 Å². The van der Waals surface area contributed by atoms with Crippen LogP contribution in [0.15, 0.2) is 60.7 Å². The van der Waals surface area contributed by atoms with Gasteiger partial charge in [-0.25, -0.2) is 0 Å². The smallest absolute Gasteiger partial charge is 0.201 e. The van der Waals surface area contributed by atoms with Crippen molar-refractivity contribution < 1.29 is 14.6 Å². The molecule has 0 aliphatic rings. The van der Waals surface area contributed by atoms with Crippen LogP contribution in [0.2, 0.25) is 0 Å². The van der Waals surface area contributed by atoms with Crippen LogP contribution in [-0.2, 0) is 10.3 Å². The second kappa shape index (κ2) is 7.16. The number of hydrogen-bond acceptors (Lipinski definition) is 3. The Kier molecular flexibility index (Phi) is 5.26. The van der Waals surface area contributed by atoms with E-state index in [1.807, 2.05) is 43.3 Å². The van der Waals surface area contributed by atoms with E-state index in [1.165, 1.54) is 0 Å². The van der Waals surface area contributed by atoms with Gasteiger partial charge < -0.3 is 9.84 Å². The number of rotatable bonds is 7. The molecule has 2 rings (SSSR count). The summed E-state index contributed by atoms with van der Waals surface area (Å²) in [6.07, 6.45) is 0.774. The van der Waals surface area contributed by atoms with Crippen molar-refractivity contribution >= 4 is 5.78 Å². The molecule has 0 saturated heterocycles. The van der Waals surface area contributed by atoms with Crippen molar-refractivity contribution in [3.05, 3.63) is 71.8 Å². The molecule has 0 spiro atoms. The molecule has 21 heavy (non-hydrogen) atoms. The Balaban J connectivity index is 2.47. The van der Waals surface area contributed by atoms with E-state index < -0.39 is 5.60 Å². The van der Waals surface area contributed by atoms with Gasteiger partial charge in [0.2, 0.25) is 5.78 Å². The third-order valence-corrected chi connectivity index (χ3v) is 3.42. The van der Waals surface area contributed by atoms with E-state index >= 15 is 0 Å². The summed E-state index contributed by atoms with van der Waals surface area (Å²) in [5.74, 6) is -0.217. The zero-order valence-corrected chi connectivity index (χ0v) is 12.2. The zero-order valence-electron chi connectivity index (χ0n) is 12.2. The van der Waals surface area contributed by atoms with E-state index in [1.54, 1.807) is 24.3 Å². The van der Waals surface area contributed by atoms with Crippen molar-refractivity contribution in [2.24, 2.45) is 0 Å². The molecule has 1 atom stereocenters. The number of ether oxygens (including phenoxy) is 1. The van der Waals surface area contributed by atoms with Gasteiger partial charge in [0.1, 0.15) is 0 Å². The first-order chi connectivity index (χ1) is 10.2. The number of carbonyl (C=O) groups is 1. The maximum atomic E-state index is 12.9. The Bertz CT molecular complexity index is 566. The van der Waals surface area contributed by atoms with Crippen LogP contribution in [0.25, 0.3) is 0 Å². The number of carbonyl (C=O) groups excluding carboxylic acids is 1. The Labute approximate surface area is 125 Å². The standard InChI is InChI=1S/C18H20O3/c1-2-13-21-18(14-19,16-11-7-4-8-12-16)17(20)15-9-5-3-6-10-15/h3-12,19H,2,13-14H2,1H3. The van der Waals surface area contributed by atoms with Gasteiger partial charge in [0.05, 0.1) is 6.61 Å². The molecule has 3 nitrogen and oxygen atoms in total. The number of aliphatic hydroxyl groups excluding tert-OH is 1. The van der Waals surface area contributed by atoms with Crippen LogP contribution < -0.4 is 0 Å². The number of hydrogen-bond donors (Lipinski definition) is 1. The normalized spacial score (nSPS) is 13.6. The zero-order chi connectivity index (χ0) is 15.1. The third-order valence-electron chi connectivity index (χ3n) is 3.42. The maximum Gasteiger partial charge on any atom is 0.201 e. The Morgan fingerprint density at radius 2 is 1.62 bits per heavy atom. The van der Waals surface area contributed by atoms with E-state index in [4.69, 9.17) is 4.74 Å². The van der Waals surface area contributed by atoms with Crippen molar-refractivity contribution in [2.45, 2.75) is 18.9 Å². The highest BCUT2D eigenvalue weighted by Gasteiger charge is 2.41. The minimum Gasteiger partial charge on any atom is -0.392 e. The predicted molar refractivity (Wildman–Crippen MR) is 82.2 cm³/mol. The molecular formula is C18H20O3. The molecule has 0 aromatic heterocycles. The monoisotopic (exact) mass is 284 g/mol. The minimum absolute atomic E-state index is 0.217. The fourth-order valence-electron chi connectivity index (χ4n) is 2.30. The first kappa shape index (κ1) is 15.4. The lowest BCUT2D eigenvalue weighted by atomic mass is 9.86. The minimum atomic E-state index is -1.33. The van der Waals surface area contributed by atoms with E-state index in [0.717, 1.165) is 6.42 Å². The molecule has 0 amide bonds. The quantitative estimate of drug-likeness (QED) is 0.794. The topological polar surface area (TPSA) is 46.5 Å². The lowest BCUT2D eigenvalue weighted by molar-refractivity contribution is -0.0595. The molecule has 0 fully saturated rings. The van der Waals surface area contributed by atoms with Crippen molar-refractivity contribution in [1.82, 2.24) is 0 Å². The van der Waals surface area contributed by atoms with Gasteiger partial charge in [-0.1, -0.05) is 67.6 Å². The van der Waals surface area contributed by atoms with E-state index in [9.17, 15) is 9.90 Å². The van der Waals surface area contributed by atoms with Crippen LogP contribution >= 0.6 is 0 Å². The number of Topliss-reactive ketones (excluding diaryl/α,β-unsaturated/α-hetero) is 1. The van der Waals surface area contributed by atoms with Gasteiger partial charge in [-0.2, -0.15) is 0 Å². The summed E-state index contributed by atoms with van der Waals surface area (Å²) < 4.78 is 5.83. The van der Waals surface area contributed by atoms with Crippen molar-refractivity contribution in [3.63, 3.8) is 0 Å². The molecule has 0 heterocycles. The largest absolute Gasteiger partial charge is 0.392 e. The fourth-order valence-corrected chi connectivity index (χ4v) is 2.30. The van der Waals surface area contributed by atoms with E-state index in [-0.39, 0.29) is 12.4 Å². The third kappa shape index (κ3) is 3.20. The summed E-state index contributed by atoms with van der Waals surface area (Å²) in [4.78, 5) is 12.9. The summed E-state index contributed by atoms with van der Waals surface area (Å²) in [5.41, 5.74) is -0.125. The van der Waals surface area contributed by atoms with Crippen LogP contribution in [0.4, 0.5) is 0 Å².